The highest BCUT2D eigenvalue weighted by Gasteiger charge is 2.13. The van der Waals surface area contributed by atoms with Crippen LogP contribution in [0.1, 0.15) is 42.6 Å². The van der Waals surface area contributed by atoms with E-state index in [0.29, 0.717) is 19.3 Å². The number of hydrogen-bond acceptors (Lipinski definition) is 3. The van der Waals surface area contributed by atoms with Crippen molar-refractivity contribution in [1.82, 2.24) is 10.3 Å². The van der Waals surface area contributed by atoms with Crippen LogP contribution in [-0.4, -0.2) is 30.1 Å². The maximum absolute atomic E-state index is 12.8. The summed E-state index contributed by atoms with van der Waals surface area (Å²) in [7, 11) is 0. The molecule has 1 aliphatic rings. The molecule has 0 aliphatic heterocycles. The van der Waals surface area contributed by atoms with Crippen molar-refractivity contribution in [2.45, 2.75) is 38.2 Å². The summed E-state index contributed by atoms with van der Waals surface area (Å²) in [6.07, 6.45) is 6.30. The summed E-state index contributed by atoms with van der Waals surface area (Å²) in [4.78, 5) is 15.2. The molecule has 0 spiro atoms. The van der Waals surface area contributed by atoms with E-state index in [1.54, 1.807) is 0 Å². The van der Waals surface area contributed by atoms with Gasteiger partial charge in [-0.25, -0.2) is 4.98 Å². The number of carbonyl (C=O) groups excluding carboxylic acids is 1. The Kier molecular flexibility index (Phi) is 5.27. The van der Waals surface area contributed by atoms with Crippen LogP contribution in [0.4, 0.5) is 4.39 Å². The van der Waals surface area contributed by atoms with Gasteiger partial charge in [0.1, 0.15) is 5.69 Å². The topological polar surface area (TPSA) is 51.2 Å². The van der Waals surface area contributed by atoms with Gasteiger partial charge in [-0.05, 0) is 25.0 Å². The fraction of sp³-hybridized carbons (Fsp3) is 0.571. The lowest BCUT2D eigenvalue weighted by Gasteiger charge is -2.21. The molecule has 1 aliphatic carbocycles. The van der Waals surface area contributed by atoms with E-state index in [9.17, 15) is 9.18 Å². The van der Waals surface area contributed by atoms with Crippen LogP contribution in [0.15, 0.2) is 18.2 Å². The Morgan fingerprint density at radius 1 is 1.37 bits per heavy atom. The minimum atomic E-state index is -0.647. The third-order valence-electron chi connectivity index (χ3n) is 3.24. The zero-order valence-corrected chi connectivity index (χ0v) is 10.9. The summed E-state index contributed by atoms with van der Waals surface area (Å²) >= 11 is 0. The molecule has 1 aromatic heterocycles. The first-order valence-electron chi connectivity index (χ1n) is 6.78. The summed E-state index contributed by atoms with van der Waals surface area (Å²) in [6.45, 7) is 0.916. The maximum Gasteiger partial charge on any atom is 0.270 e. The molecule has 0 radical (unpaired) electrons. The molecule has 1 fully saturated rings. The number of nitrogens with zero attached hydrogens (tertiary/aromatic N) is 1. The Morgan fingerprint density at radius 2 is 2.16 bits per heavy atom. The van der Waals surface area contributed by atoms with Crippen LogP contribution in [-0.2, 0) is 4.74 Å². The van der Waals surface area contributed by atoms with Gasteiger partial charge in [-0.2, -0.15) is 4.39 Å². The Labute approximate surface area is 112 Å². The number of ether oxygens (including phenoxy) is 1. The van der Waals surface area contributed by atoms with Gasteiger partial charge in [-0.1, -0.05) is 25.3 Å². The minimum absolute atomic E-state index is 0.0951. The smallest absolute Gasteiger partial charge is 0.270 e. The molecular weight excluding hydrogens is 247 g/mol. The number of rotatable bonds is 5. The van der Waals surface area contributed by atoms with Crippen molar-refractivity contribution < 1.29 is 13.9 Å². The highest BCUT2D eigenvalue weighted by Crippen LogP contribution is 2.19. The maximum atomic E-state index is 12.8. The Bertz CT molecular complexity index is 420. The van der Waals surface area contributed by atoms with Gasteiger partial charge in [0.2, 0.25) is 5.95 Å². The second-order valence-corrected chi connectivity index (χ2v) is 4.73. The van der Waals surface area contributed by atoms with Crippen LogP contribution in [0.5, 0.6) is 0 Å². The number of aromatic nitrogens is 1. The molecule has 2 rings (SSSR count). The molecule has 0 bridgehead atoms. The monoisotopic (exact) mass is 266 g/mol. The molecule has 0 unspecified atom stereocenters. The standard InChI is InChI=1S/C14H19FN2O2/c15-13-8-4-7-12(17-13)14(18)16-9-10-19-11-5-2-1-3-6-11/h4,7-8,11H,1-3,5-6,9-10H2,(H,16,18). The fourth-order valence-corrected chi connectivity index (χ4v) is 2.25. The van der Waals surface area contributed by atoms with E-state index >= 15 is 0 Å². The van der Waals surface area contributed by atoms with Gasteiger partial charge >= 0.3 is 0 Å². The Balaban J connectivity index is 1.66. The SMILES string of the molecule is O=C(NCCOC1CCCCC1)c1cccc(F)n1. The number of hydrogen-bond donors (Lipinski definition) is 1. The molecule has 0 aromatic carbocycles. The van der Waals surface area contributed by atoms with E-state index in [4.69, 9.17) is 4.74 Å². The van der Waals surface area contributed by atoms with Crippen LogP contribution < -0.4 is 5.32 Å². The zero-order chi connectivity index (χ0) is 13.5. The molecule has 1 heterocycles. The summed E-state index contributed by atoms with van der Waals surface area (Å²) in [6, 6.07) is 4.17. The van der Waals surface area contributed by atoms with E-state index in [1.807, 2.05) is 0 Å². The number of carbonyl (C=O) groups is 1. The van der Waals surface area contributed by atoms with Gasteiger partial charge in [0, 0.05) is 6.54 Å². The molecule has 0 saturated heterocycles. The first kappa shape index (κ1) is 13.9. The summed E-state index contributed by atoms with van der Waals surface area (Å²) in [5, 5.41) is 2.67. The van der Waals surface area contributed by atoms with Gasteiger partial charge in [-0.3, -0.25) is 4.79 Å². The van der Waals surface area contributed by atoms with Crippen molar-refractivity contribution in [2.24, 2.45) is 0 Å². The van der Waals surface area contributed by atoms with E-state index in [0.717, 1.165) is 12.8 Å². The Morgan fingerprint density at radius 3 is 2.89 bits per heavy atom. The number of pyridine rings is 1. The number of halogens is 1. The minimum Gasteiger partial charge on any atom is -0.376 e. The average Bonchev–Trinajstić information content (AvgIpc) is 2.44. The molecular formula is C14H19FN2O2. The Hall–Kier alpha value is -1.49. The van der Waals surface area contributed by atoms with Crippen LogP contribution in [0.3, 0.4) is 0 Å². The highest BCUT2D eigenvalue weighted by molar-refractivity contribution is 5.92. The van der Waals surface area contributed by atoms with Crippen molar-refractivity contribution >= 4 is 5.91 Å². The first-order chi connectivity index (χ1) is 9.25. The summed E-state index contributed by atoms with van der Waals surface area (Å²) in [5.41, 5.74) is 0.0951. The molecule has 104 valence electrons. The van der Waals surface area contributed by atoms with Crippen molar-refractivity contribution in [1.29, 1.82) is 0 Å². The van der Waals surface area contributed by atoms with Crippen molar-refractivity contribution in [2.75, 3.05) is 13.2 Å². The van der Waals surface area contributed by atoms with Crippen LogP contribution in [0.2, 0.25) is 0 Å². The normalized spacial score (nSPS) is 16.3. The summed E-state index contributed by atoms with van der Waals surface area (Å²) < 4.78 is 18.5. The van der Waals surface area contributed by atoms with Crippen molar-refractivity contribution in [3.8, 4) is 0 Å². The predicted octanol–water partition coefficient (Wildman–Crippen LogP) is 2.30. The molecule has 5 heteroatoms. The van der Waals surface area contributed by atoms with E-state index < -0.39 is 5.95 Å². The lowest BCUT2D eigenvalue weighted by molar-refractivity contribution is 0.0299. The van der Waals surface area contributed by atoms with Gasteiger partial charge in [0.05, 0.1) is 12.7 Å². The molecule has 4 nitrogen and oxygen atoms in total. The lowest BCUT2D eigenvalue weighted by atomic mass is 9.98. The van der Waals surface area contributed by atoms with Crippen LogP contribution in [0, 0.1) is 5.95 Å². The van der Waals surface area contributed by atoms with Gasteiger partial charge in [0.15, 0.2) is 0 Å². The van der Waals surface area contributed by atoms with Crippen molar-refractivity contribution in [3.63, 3.8) is 0 Å². The van der Waals surface area contributed by atoms with Gasteiger partial charge in [0.25, 0.3) is 5.91 Å². The molecule has 19 heavy (non-hydrogen) atoms. The lowest BCUT2D eigenvalue weighted by Crippen LogP contribution is -2.30. The third-order valence-corrected chi connectivity index (χ3v) is 3.24. The third kappa shape index (κ3) is 4.59. The molecule has 1 aromatic rings. The van der Waals surface area contributed by atoms with Crippen LogP contribution in [0.25, 0.3) is 0 Å². The predicted molar refractivity (Wildman–Crippen MR) is 69.4 cm³/mol. The first-order valence-corrected chi connectivity index (χ1v) is 6.78. The van der Waals surface area contributed by atoms with E-state index in [1.165, 1.54) is 37.5 Å². The highest BCUT2D eigenvalue weighted by atomic mass is 19.1. The van der Waals surface area contributed by atoms with Crippen molar-refractivity contribution in [3.05, 3.63) is 29.8 Å². The largest absolute Gasteiger partial charge is 0.376 e. The van der Waals surface area contributed by atoms with Gasteiger partial charge in [-0.15, -0.1) is 0 Å². The average molecular weight is 266 g/mol. The van der Waals surface area contributed by atoms with E-state index in [-0.39, 0.29) is 11.6 Å². The molecule has 1 amide bonds. The molecule has 0 atom stereocenters. The van der Waals surface area contributed by atoms with Gasteiger partial charge < -0.3 is 10.1 Å². The summed E-state index contributed by atoms with van der Waals surface area (Å²) in [5.74, 6) is -1.02. The molecule has 1 N–H and O–H groups in total. The zero-order valence-electron chi connectivity index (χ0n) is 10.9. The quantitative estimate of drug-likeness (QED) is 0.657. The second-order valence-electron chi connectivity index (χ2n) is 4.73. The molecule has 1 saturated carbocycles. The fourth-order valence-electron chi connectivity index (χ4n) is 2.25. The van der Waals surface area contributed by atoms with Crippen LogP contribution >= 0.6 is 0 Å². The second kappa shape index (κ2) is 7.19. The van der Waals surface area contributed by atoms with E-state index in [2.05, 4.69) is 10.3 Å². The number of amides is 1. The number of nitrogens with one attached hydrogen (secondary N) is 1.